The van der Waals surface area contributed by atoms with Crippen LogP contribution >= 0.6 is 0 Å². The largest absolute Gasteiger partial charge is 0.342 e. The molecule has 1 saturated carbocycles. The van der Waals surface area contributed by atoms with Crippen LogP contribution in [0.25, 0.3) is 0 Å². The number of likely N-dealkylation sites (tertiary alicyclic amines) is 1. The maximum absolute atomic E-state index is 12.4. The van der Waals surface area contributed by atoms with Gasteiger partial charge in [0, 0.05) is 19.3 Å². The Morgan fingerprint density at radius 1 is 1.20 bits per heavy atom. The molecule has 0 radical (unpaired) electrons. The minimum absolute atomic E-state index is 0.000833. The summed E-state index contributed by atoms with van der Waals surface area (Å²) in [6.07, 6.45) is 6.71. The minimum Gasteiger partial charge on any atom is -0.342 e. The van der Waals surface area contributed by atoms with Crippen LogP contribution in [-0.2, 0) is 4.79 Å². The lowest BCUT2D eigenvalue weighted by Crippen LogP contribution is -2.33. The van der Waals surface area contributed by atoms with Crippen molar-refractivity contribution in [2.75, 3.05) is 7.05 Å². The van der Waals surface area contributed by atoms with Gasteiger partial charge >= 0.3 is 0 Å². The van der Waals surface area contributed by atoms with Crippen molar-refractivity contribution >= 4 is 5.91 Å². The van der Waals surface area contributed by atoms with Crippen molar-refractivity contribution in [3.05, 3.63) is 29.6 Å². The predicted octanol–water partition coefficient (Wildman–Crippen LogP) is 3.53. The quantitative estimate of drug-likeness (QED) is 0.785. The van der Waals surface area contributed by atoms with Gasteiger partial charge in [0.2, 0.25) is 5.91 Å². The topological polar surface area (TPSA) is 33.2 Å². The molecule has 1 aliphatic carbocycles. The van der Waals surface area contributed by atoms with Crippen molar-refractivity contribution in [1.82, 2.24) is 9.88 Å². The third-order valence-electron chi connectivity index (χ3n) is 4.57. The number of rotatable bonds is 1. The number of hydrogen-bond acceptors (Lipinski definition) is 2. The fourth-order valence-electron chi connectivity index (χ4n) is 3.58. The molecule has 20 heavy (non-hydrogen) atoms. The molecular formula is C17H26N2O. The van der Waals surface area contributed by atoms with Gasteiger partial charge in [-0.1, -0.05) is 32.8 Å². The van der Waals surface area contributed by atoms with E-state index in [4.69, 9.17) is 0 Å². The molecule has 3 heteroatoms. The average molecular weight is 274 g/mol. The summed E-state index contributed by atoms with van der Waals surface area (Å²) in [5, 5.41) is 0. The highest BCUT2D eigenvalue weighted by atomic mass is 16.2. The summed E-state index contributed by atoms with van der Waals surface area (Å²) in [5.41, 5.74) is 2.12. The lowest BCUT2D eigenvalue weighted by Gasteiger charge is -2.29. The molecule has 3 nitrogen and oxygen atoms in total. The summed E-state index contributed by atoms with van der Waals surface area (Å²) < 4.78 is 0. The molecule has 1 aromatic rings. The molecule has 0 bridgehead atoms. The van der Waals surface area contributed by atoms with Gasteiger partial charge in [0.1, 0.15) is 0 Å². The van der Waals surface area contributed by atoms with Crippen LogP contribution < -0.4 is 0 Å². The standard InChI is InChI=1S/C15H20N2O.C2H6/c1-10-7-8-12(16-9-10)14-11-5-3-4-6-13(11)17(2)15(14)18;1-2/h7-9,11,13-14H,3-6H2,1-2H3;1-2H3/t11-,13+,14-;/m1./s1. The number of amides is 1. The lowest BCUT2D eigenvalue weighted by molar-refractivity contribution is -0.128. The normalized spacial score (nSPS) is 28.7. The Kier molecular flexibility index (Phi) is 4.79. The highest BCUT2D eigenvalue weighted by Crippen LogP contribution is 2.44. The van der Waals surface area contributed by atoms with E-state index in [0.29, 0.717) is 12.0 Å². The molecule has 2 fully saturated rings. The van der Waals surface area contributed by atoms with Gasteiger partial charge in [-0.3, -0.25) is 9.78 Å². The molecule has 3 rings (SSSR count). The van der Waals surface area contributed by atoms with Crippen molar-refractivity contribution in [3.8, 4) is 0 Å². The zero-order valence-electron chi connectivity index (χ0n) is 13.1. The number of aryl methyl sites for hydroxylation is 1. The lowest BCUT2D eigenvalue weighted by atomic mass is 9.78. The fraction of sp³-hybridized carbons (Fsp3) is 0.647. The minimum atomic E-state index is 0.000833. The molecule has 0 aromatic carbocycles. The molecule has 0 unspecified atom stereocenters. The first kappa shape index (κ1) is 15.0. The zero-order valence-corrected chi connectivity index (χ0v) is 13.1. The Labute approximate surface area is 122 Å². The number of nitrogens with zero attached hydrogens (tertiary/aromatic N) is 2. The SMILES string of the molecule is CC.Cc1ccc([C@@H]2C(=O)N(C)[C@H]3CCCC[C@@H]23)nc1. The number of aromatic nitrogens is 1. The van der Waals surface area contributed by atoms with Crippen LogP contribution in [0.15, 0.2) is 18.3 Å². The van der Waals surface area contributed by atoms with Crippen molar-refractivity contribution < 1.29 is 4.79 Å². The Bertz CT molecular complexity index is 455. The van der Waals surface area contributed by atoms with Crippen LogP contribution in [0.3, 0.4) is 0 Å². The van der Waals surface area contributed by atoms with Crippen LogP contribution in [0.5, 0.6) is 0 Å². The summed E-state index contributed by atoms with van der Waals surface area (Å²) in [7, 11) is 1.96. The van der Waals surface area contributed by atoms with Crippen molar-refractivity contribution in [2.45, 2.75) is 58.4 Å². The number of likely N-dealkylation sites (N-methyl/N-ethyl adjacent to an activating group) is 1. The van der Waals surface area contributed by atoms with Crippen molar-refractivity contribution in [1.29, 1.82) is 0 Å². The van der Waals surface area contributed by atoms with Gasteiger partial charge in [-0.15, -0.1) is 0 Å². The summed E-state index contributed by atoms with van der Waals surface area (Å²) in [6.45, 7) is 6.03. The summed E-state index contributed by atoms with van der Waals surface area (Å²) in [6, 6.07) is 4.54. The van der Waals surface area contributed by atoms with Gasteiger partial charge in [-0.25, -0.2) is 0 Å². The van der Waals surface area contributed by atoms with Crippen LogP contribution in [-0.4, -0.2) is 28.9 Å². The first-order valence-electron chi connectivity index (χ1n) is 7.87. The summed E-state index contributed by atoms with van der Waals surface area (Å²) in [4.78, 5) is 18.9. The van der Waals surface area contributed by atoms with Gasteiger partial charge in [0.05, 0.1) is 11.6 Å². The van der Waals surface area contributed by atoms with Crippen LogP contribution in [0.4, 0.5) is 0 Å². The number of pyridine rings is 1. The monoisotopic (exact) mass is 274 g/mol. The number of carbonyl (C=O) groups excluding carboxylic acids is 1. The molecule has 1 saturated heterocycles. The maximum atomic E-state index is 12.4. The molecule has 1 aromatic heterocycles. The molecule has 1 aliphatic heterocycles. The molecule has 0 N–H and O–H groups in total. The second kappa shape index (κ2) is 6.38. The van der Waals surface area contributed by atoms with E-state index in [1.165, 1.54) is 19.3 Å². The third-order valence-corrected chi connectivity index (χ3v) is 4.57. The predicted molar refractivity (Wildman–Crippen MR) is 81.6 cm³/mol. The van der Waals surface area contributed by atoms with Gasteiger partial charge in [-0.05, 0) is 37.3 Å². The second-order valence-electron chi connectivity index (χ2n) is 5.70. The van der Waals surface area contributed by atoms with E-state index in [1.807, 2.05) is 45.0 Å². The van der Waals surface area contributed by atoms with Crippen LogP contribution in [0.2, 0.25) is 0 Å². The number of hydrogen-bond donors (Lipinski definition) is 0. The first-order chi connectivity index (χ1) is 9.68. The fourth-order valence-corrected chi connectivity index (χ4v) is 3.58. The Balaban J connectivity index is 0.000000704. The first-order valence-corrected chi connectivity index (χ1v) is 7.87. The zero-order chi connectivity index (χ0) is 14.7. The van der Waals surface area contributed by atoms with Gasteiger partial charge < -0.3 is 4.90 Å². The van der Waals surface area contributed by atoms with Crippen molar-refractivity contribution in [3.63, 3.8) is 0 Å². The van der Waals surface area contributed by atoms with E-state index >= 15 is 0 Å². The van der Waals surface area contributed by atoms with Gasteiger partial charge in [0.25, 0.3) is 0 Å². The summed E-state index contributed by atoms with van der Waals surface area (Å²) in [5.74, 6) is 0.746. The van der Waals surface area contributed by atoms with E-state index in [2.05, 4.69) is 11.1 Å². The van der Waals surface area contributed by atoms with E-state index < -0.39 is 0 Å². The number of carbonyl (C=O) groups is 1. The average Bonchev–Trinajstić information content (AvgIpc) is 2.75. The molecular weight excluding hydrogens is 248 g/mol. The Morgan fingerprint density at radius 2 is 1.90 bits per heavy atom. The number of fused-ring (bicyclic) bond motifs is 1. The van der Waals surface area contributed by atoms with Gasteiger partial charge in [0.15, 0.2) is 0 Å². The van der Waals surface area contributed by atoms with E-state index in [1.54, 1.807) is 0 Å². The highest BCUT2D eigenvalue weighted by Gasteiger charge is 2.47. The van der Waals surface area contributed by atoms with E-state index in [9.17, 15) is 4.79 Å². The molecule has 2 aliphatic rings. The Hall–Kier alpha value is -1.38. The van der Waals surface area contributed by atoms with Crippen molar-refractivity contribution in [2.24, 2.45) is 5.92 Å². The summed E-state index contributed by atoms with van der Waals surface area (Å²) >= 11 is 0. The Morgan fingerprint density at radius 3 is 2.55 bits per heavy atom. The van der Waals surface area contributed by atoms with E-state index in [0.717, 1.165) is 17.7 Å². The second-order valence-corrected chi connectivity index (χ2v) is 5.70. The third kappa shape index (κ3) is 2.58. The molecule has 2 heterocycles. The molecule has 3 atom stereocenters. The van der Waals surface area contributed by atoms with E-state index in [-0.39, 0.29) is 11.8 Å². The maximum Gasteiger partial charge on any atom is 0.232 e. The molecule has 110 valence electrons. The van der Waals surface area contributed by atoms with Gasteiger partial charge in [-0.2, -0.15) is 0 Å². The van der Waals surface area contributed by atoms with Crippen LogP contribution in [0, 0.1) is 12.8 Å². The smallest absolute Gasteiger partial charge is 0.232 e. The molecule has 1 amide bonds. The van der Waals surface area contributed by atoms with Crippen LogP contribution in [0.1, 0.15) is 56.7 Å². The molecule has 0 spiro atoms. The highest BCUT2D eigenvalue weighted by molar-refractivity contribution is 5.86.